The van der Waals surface area contributed by atoms with Crippen LogP contribution in [0.25, 0.3) is 0 Å². The number of benzene rings is 2. The molecule has 0 aromatic heterocycles. The number of likely N-dealkylation sites (tertiary alicyclic amines) is 1. The van der Waals surface area contributed by atoms with Gasteiger partial charge in [-0.25, -0.2) is 4.39 Å². The number of nitrogens with zero attached hydrogens (tertiary/aromatic N) is 1. The average Bonchev–Trinajstić information content (AvgIpc) is 2.76. The summed E-state index contributed by atoms with van der Waals surface area (Å²) < 4.78 is 26.9. The molecule has 4 rings (SSSR count). The number of carbonyl (C=O) groups excluding carboxylic acids is 1. The molecule has 2 atom stereocenters. The molecule has 0 saturated carbocycles. The van der Waals surface area contributed by atoms with Crippen molar-refractivity contribution in [3.05, 3.63) is 71.0 Å². The van der Waals surface area contributed by atoms with Gasteiger partial charge in [-0.3, -0.25) is 4.79 Å². The Morgan fingerprint density at radius 2 is 1.93 bits per heavy atom. The molecule has 2 heterocycles. The molecule has 1 amide bonds. The quantitative estimate of drug-likeness (QED) is 0.705. The molecular weight excluding hydrogens is 381 g/mol. The van der Waals surface area contributed by atoms with E-state index in [0.29, 0.717) is 19.7 Å². The van der Waals surface area contributed by atoms with Gasteiger partial charge in [-0.05, 0) is 44.4 Å². The molecule has 5 heteroatoms. The van der Waals surface area contributed by atoms with Gasteiger partial charge in [0.2, 0.25) is 0 Å². The first-order valence-corrected chi connectivity index (χ1v) is 10.9. The number of carbonyl (C=O) groups is 1. The minimum absolute atomic E-state index is 0.00651. The monoisotopic (exact) mass is 411 g/mol. The van der Waals surface area contributed by atoms with Gasteiger partial charge in [-0.2, -0.15) is 0 Å². The van der Waals surface area contributed by atoms with Crippen LogP contribution in [0.4, 0.5) is 4.39 Å². The molecule has 0 radical (unpaired) electrons. The smallest absolute Gasteiger partial charge is 0.256 e. The van der Waals surface area contributed by atoms with Crippen LogP contribution in [0.3, 0.4) is 0 Å². The highest BCUT2D eigenvalue weighted by atomic mass is 19.1. The fraction of sp³-hybridized carbons (Fsp3) is 0.480. The summed E-state index contributed by atoms with van der Waals surface area (Å²) in [6.45, 7) is 5.70. The molecular formula is C25H30FNO3. The largest absolute Gasteiger partial charge is 0.378 e. The highest BCUT2D eigenvalue weighted by Gasteiger charge is 2.45. The molecule has 2 aromatic carbocycles. The Morgan fingerprint density at radius 1 is 1.20 bits per heavy atom. The van der Waals surface area contributed by atoms with Crippen molar-refractivity contribution in [2.45, 2.75) is 57.3 Å². The van der Waals surface area contributed by atoms with E-state index in [1.165, 1.54) is 11.6 Å². The molecule has 2 saturated heterocycles. The van der Waals surface area contributed by atoms with Crippen LogP contribution in [0.15, 0.2) is 48.5 Å². The van der Waals surface area contributed by atoms with Gasteiger partial charge in [-0.15, -0.1) is 0 Å². The zero-order valence-electron chi connectivity index (χ0n) is 17.8. The third-order valence-electron chi connectivity index (χ3n) is 6.36. The molecule has 2 aromatic rings. The summed E-state index contributed by atoms with van der Waals surface area (Å²) in [5.74, 6) is -0.691. The van der Waals surface area contributed by atoms with Gasteiger partial charge in [0, 0.05) is 32.5 Å². The lowest BCUT2D eigenvalue weighted by atomic mass is 9.80. The summed E-state index contributed by atoms with van der Waals surface area (Å²) in [7, 11) is 0. The van der Waals surface area contributed by atoms with E-state index in [4.69, 9.17) is 9.47 Å². The predicted octanol–water partition coefficient (Wildman–Crippen LogP) is 5.07. The predicted molar refractivity (Wildman–Crippen MR) is 114 cm³/mol. The van der Waals surface area contributed by atoms with E-state index in [9.17, 15) is 9.18 Å². The van der Waals surface area contributed by atoms with E-state index in [2.05, 4.69) is 12.1 Å². The van der Waals surface area contributed by atoms with Gasteiger partial charge >= 0.3 is 0 Å². The number of piperidine rings is 1. The summed E-state index contributed by atoms with van der Waals surface area (Å²) in [5, 5.41) is 0. The van der Waals surface area contributed by atoms with Crippen LogP contribution < -0.4 is 0 Å². The van der Waals surface area contributed by atoms with Crippen molar-refractivity contribution < 1.29 is 18.7 Å². The van der Waals surface area contributed by atoms with Crippen molar-refractivity contribution >= 4 is 5.91 Å². The van der Waals surface area contributed by atoms with E-state index in [1.54, 1.807) is 17.0 Å². The molecule has 160 valence electrons. The first-order valence-electron chi connectivity index (χ1n) is 10.9. The van der Waals surface area contributed by atoms with E-state index < -0.39 is 5.82 Å². The zero-order chi connectivity index (χ0) is 21.1. The molecule has 0 bridgehead atoms. The summed E-state index contributed by atoms with van der Waals surface area (Å²) in [4.78, 5) is 14.7. The topological polar surface area (TPSA) is 38.8 Å². The van der Waals surface area contributed by atoms with Crippen LogP contribution in [-0.2, 0) is 9.47 Å². The van der Waals surface area contributed by atoms with Crippen molar-refractivity contribution in [2.75, 3.05) is 19.7 Å². The van der Waals surface area contributed by atoms with Gasteiger partial charge in [0.15, 0.2) is 0 Å². The molecule has 0 N–H and O–H groups in total. The minimum atomic E-state index is -0.458. The second kappa shape index (κ2) is 8.86. The van der Waals surface area contributed by atoms with Crippen molar-refractivity contribution in [3.63, 3.8) is 0 Å². The SMILES string of the molecule is CCO[C@H]1C[C@@H](c2ccccc2)OC2(CCN(C(=O)c3cc(C)ccc3F)CC2)C1. The molecule has 2 aliphatic heterocycles. The Balaban J connectivity index is 1.48. The van der Waals surface area contributed by atoms with Crippen molar-refractivity contribution in [1.82, 2.24) is 4.90 Å². The van der Waals surface area contributed by atoms with Crippen LogP contribution in [0.5, 0.6) is 0 Å². The first kappa shape index (κ1) is 21.0. The Bertz CT molecular complexity index is 877. The molecule has 30 heavy (non-hydrogen) atoms. The van der Waals surface area contributed by atoms with E-state index >= 15 is 0 Å². The third kappa shape index (κ3) is 4.42. The summed E-state index contributed by atoms with van der Waals surface area (Å²) >= 11 is 0. The number of hydrogen-bond donors (Lipinski definition) is 0. The van der Waals surface area contributed by atoms with Crippen LogP contribution >= 0.6 is 0 Å². The lowest BCUT2D eigenvalue weighted by Gasteiger charge is -2.48. The second-order valence-corrected chi connectivity index (χ2v) is 8.49. The Hall–Kier alpha value is -2.24. The van der Waals surface area contributed by atoms with Crippen molar-refractivity contribution in [3.8, 4) is 0 Å². The Kier molecular flexibility index (Phi) is 6.21. The maximum absolute atomic E-state index is 14.2. The maximum atomic E-state index is 14.2. The van der Waals surface area contributed by atoms with Gasteiger partial charge in [0.1, 0.15) is 5.82 Å². The van der Waals surface area contributed by atoms with Crippen LogP contribution in [-0.4, -0.2) is 42.2 Å². The number of halogens is 1. The molecule has 0 aliphatic carbocycles. The first-order chi connectivity index (χ1) is 14.5. The zero-order valence-corrected chi connectivity index (χ0v) is 17.8. The van der Waals surface area contributed by atoms with Crippen molar-refractivity contribution in [1.29, 1.82) is 0 Å². The lowest BCUT2D eigenvalue weighted by molar-refractivity contribution is -0.190. The molecule has 1 spiro atoms. The highest BCUT2D eigenvalue weighted by molar-refractivity contribution is 5.94. The molecule has 0 unspecified atom stereocenters. The summed E-state index contributed by atoms with van der Waals surface area (Å²) in [5.41, 5.74) is 1.90. The Morgan fingerprint density at radius 3 is 2.63 bits per heavy atom. The number of aryl methyl sites for hydroxylation is 1. The van der Waals surface area contributed by atoms with Crippen LogP contribution in [0.2, 0.25) is 0 Å². The number of rotatable bonds is 4. The van der Waals surface area contributed by atoms with Gasteiger partial charge in [0.25, 0.3) is 5.91 Å². The van der Waals surface area contributed by atoms with Gasteiger partial charge in [-0.1, -0.05) is 42.0 Å². The summed E-state index contributed by atoms with van der Waals surface area (Å²) in [6, 6.07) is 15.0. The number of amides is 1. The number of ether oxygens (including phenoxy) is 2. The molecule has 2 aliphatic rings. The van der Waals surface area contributed by atoms with Gasteiger partial charge < -0.3 is 14.4 Å². The minimum Gasteiger partial charge on any atom is -0.378 e. The standard InChI is InChI=1S/C25H30FNO3/c1-3-29-20-16-23(19-7-5-4-6-8-19)30-25(17-20)11-13-27(14-12-25)24(28)21-15-18(2)9-10-22(21)26/h4-10,15,20,23H,3,11-14,16-17H2,1-2H3/t20-,23-/m0/s1. The highest BCUT2D eigenvalue weighted by Crippen LogP contribution is 2.44. The van der Waals surface area contributed by atoms with E-state index in [-0.39, 0.29) is 29.3 Å². The van der Waals surface area contributed by atoms with Crippen LogP contribution in [0, 0.1) is 12.7 Å². The Labute approximate surface area is 178 Å². The fourth-order valence-corrected chi connectivity index (χ4v) is 4.78. The number of hydrogen-bond acceptors (Lipinski definition) is 3. The van der Waals surface area contributed by atoms with Gasteiger partial charge in [0.05, 0.1) is 23.4 Å². The third-order valence-corrected chi connectivity index (χ3v) is 6.36. The van der Waals surface area contributed by atoms with E-state index in [0.717, 1.165) is 31.2 Å². The maximum Gasteiger partial charge on any atom is 0.256 e. The lowest BCUT2D eigenvalue weighted by Crippen LogP contribution is -2.52. The molecule has 4 nitrogen and oxygen atoms in total. The van der Waals surface area contributed by atoms with Crippen molar-refractivity contribution in [2.24, 2.45) is 0 Å². The fourth-order valence-electron chi connectivity index (χ4n) is 4.78. The normalized spacial score (nSPS) is 23.5. The van der Waals surface area contributed by atoms with E-state index in [1.807, 2.05) is 32.0 Å². The molecule has 2 fully saturated rings. The average molecular weight is 412 g/mol. The summed E-state index contributed by atoms with van der Waals surface area (Å²) in [6.07, 6.45) is 3.29. The van der Waals surface area contributed by atoms with Crippen LogP contribution in [0.1, 0.15) is 60.2 Å². The second-order valence-electron chi connectivity index (χ2n) is 8.49.